The molecule has 0 radical (unpaired) electrons. The zero-order valence-corrected chi connectivity index (χ0v) is 21.7. The molecule has 4 aromatic rings. The number of anilines is 1. The van der Waals surface area contributed by atoms with E-state index in [1.165, 1.54) is 30.1 Å². The molecule has 0 aliphatic carbocycles. The highest BCUT2D eigenvalue weighted by atomic mass is 35.5. The second-order valence-electron chi connectivity index (χ2n) is 8.46. The summed E-state index contributed by atoms with van der Waals surface area (Å²) in [6.45, 7) is 4.15. The van der Waals surface area contributed by atoms with E-state index >= 15 is 0 Å². The van der Waals surface area contributed by atoms with E-state index in [2.05, 4.69) is 32.0 Å². The van der Waals surface area contributed by atoms with E-state index in [9.17, 15) is 4.39 Å². The summed E-state index contributed by atoms with van der Waals surface area (Å²) in [6, 6.07) is 16.5. The molecule has 2 heterocycles. The molecule has 0 spiro atoms. The quantitative estimate of drug-likeness (QED) is 0.263. The van der Waals surface area contributed by atoms with Crippen LogP contribution in [0.4, 0.5) is 9.52 Å². The number of nitrogens with zero attached hydrogens (tertiary/aromatic N) is 3. The molecule has 1 aromatic heterocycles. The lowest BCUT2D eigenvalue weighted by molar-refractivity contribution is 0.386. The highest BCUT2D eigenvalue weighted by Crippen LogP contribution is 2.42. The van der Waals surface area contributed by atoms with Crippen LogP contribution in [-0.2, 0) is 0 Å². The van der Waals surface area contributed by atoms with Crippen LogP contribution in [0.2, 0.25) is 10.0 Å². The summed E-state index contributed by atoms with van der Waals surface area (Å²) in [6.07, 6.45) is 0.533. The number of aryl methyl sites for hydroxylation is 2. The summed E-state index contributed by atoms with van der Waals surface area (Å²) in [5, 5.41) is 10.7. The summed E-state index contributed by atoms with van der Waals surface area (Å²) >= 11 is 14.3. The molecule has 8 heteroatoms. The molecule has 1 aliphatic heterocycles. The van der Waals surface area contributed by atoms with Gasteiger partial charge in [-0.2, -0.15) is 5.10 Å². The van der Waals surface area contributed by atoms with Gasteiger partial charge in [-0.1, -0.05) is 47.0 Å². The van der Waals surface area contributed by atoms with Crippen molar-refractivity contribution in [1.82, 2.24) is 4.98 Å². The Morgan fingerprint density at radius 1 is 1.06 bits per heavy atom. The van der Waals surface area contributed by atoms with Gasteiger partial charge in [0.15, 0.2) is 11.6 Å². The van der Waals surface area contributed by atoms with Gasteiger partial charge in [-0.25, -0.2) is 14.4 Å². The Labute approximate surface area is 217 Å². The smallest absolute Gasteiger partial charge is 0.207 e. The molecular formula is C27H22Cl2FN3OS. The first-order chi connectivity index (χ1) is 16.8. The highest BCUT2D eigenvalue weighted by molar-refractivity contribution is 7.14. The number of rotatable bonds is 5. The standard InChI is InChI=1S/C27H22Cl2FN3OS/c1-15-4-5-16(2)20(10-15)24-14-35-27(31-24)33-25(19-8-7-18(28)12-21(19)29)13-23(32-33)17-6-9-26(34-3)22(30)11-17/h4-12,14,25H,13H2,1-3H3/t25-/m0/s1. The summed E-state index contributed by atoms with van der Waals surface area (Å²) in [7, 11) is 1.45. The van der Waals surface area contributed by atoms with Crippen LogP contribution in [0.15, 0.2) is 65.1 Å². The maximum Gasteiger partial charge on any atom is 0.207 e. The Bertz CT molecular complexity index is 1450. The molecule has 0 N–H and O–H groups in total. The van der Waals surface area contributed by atoms with E-state index in [-0.39, 0.29) is 11.8 Å². The van der Waals surface area contributed by atoms with Crippen molar-refractivity contribution >= 4 is 45.4 Å². The summed E-state index contributed by atoms with van der Waals surface area (Å²) in [4.78, 5) is 4.93. The fourth-order valence-electron chi connectivity index (χ4n) is 4.23. The van der Waals surface area contributed by atoms with Crippen molar-refractivity contribution in [2.24, 2.45) is 5.10 Å². The molecule has 0 unspecified atom stereocenters. The van der Waals surface area contributed by atoms with Crippen molar-refractivity contribution in [3.05, 3.63) is 98.1 Å². The van der Waals surface area contributed by atoms with Gasteiger partial charge in [0.2, 0.25) is 5.13 Å². The fourth-order valence-corrected chi connectivity index (χ4v) is 5.58. The third-order valence-corrected chi connectivity index (χ3v) is 7.47. The molecule has 1 aliphatic rings. The molecule has 0 amide bonds. The van der Waals surface area contributed by atoms with E-state index in [0.717, 1.165) is 33.2 Å². The van der Waals surface area contributed by atoms with Gasteiger partial charge in [-0.15, -0.1) is 11.3 Å². The number of hydrogen-bond donors (Lipinski definition) is 0. The van der Waals surface area contributed by atoms with Gasteiger partial charge in [-0.05, 0) is 61.4 Å². The predicted molar refractivity (Wildman–Crippen MR) is 143 cm³/mol. The molecule has 35 heavy (non-hydrogen) atoms. The van der Waals surface area contributed by atoms with Crippen LogP contribution in [0.1, 0.15) is 34.7 Å². The minimum Gasteiger partial charge on any atom is -0.494 e. The molecule has 0 bridgehead atoms. The van der Waals surface area contributed by atoms with E-state index in [0.29, 0.717) is 22.0 Å². The number of methoxy groups -OCH3 is 1. The minimum atomic E-state index is -0.432. The number of thiazole rings is 1. The Morgan fingerprint density at radius 2 is 1.89 bits per heavy atom. The number of aromatic nitrogens is 1. The topological polar surface area (TPSA) is 37.7 Å². The SMILES string of the molecule is COc1ccc(C2=NN(c3nc(-c4cc(C)ccc4C)cs3)[C@H](c3ccc(Cl)cc3Cl)C2)cc1F. The van der Waals surface area contributed by atoms with Crippen molar-refractivity contribution in [1.29, 1.82) is 0 Å². The molecule has 0 fully saturated rings. The van der Waals surface area contributed by atoms with Crippen molar-refractivity contribution in [2.75, 3.05) is 12.1 Å². The summed E-state index contributed by atoms with van der Waals surface area (Å²) < 4.78 is 19.5. The van der Waals surface area contributed by atoms with Crippen molar-refractivity contribution < 1.29 is 9.13 Å². The molecule has 0 saturated heterocycles. The first-order valence-corrected chi connectivity index (χ1v) is 12.7. The number of halogens is 3. The second kappa shape index (κ2) is 9.61. The van der Waals surface area contributed by atoms with Crippen LogP contribution in [0.3, 0.4) is 0 Å². The maximum absolute atomic E-state index is 14.5. The number of hydrazone groups is 1. The first-order valence-electron chi connectivity index (χ1n) is 11.0. The molecule has 3 aromatic carbocycles. The van der Waals surface area contributed by atoms with E-state index in [4.69, 9.17) is 38.0 Å². The van der Waals surface area contributed by atoms with Crippen LogP contribution in [0.5, 0.6) is 5.75 Å². The molecule has 4 nitrogen and oxygen atoms in total. The molecule has 0 saturated carbocycles. The zero-order valence-electron chi connectivity index (χ0n) is 19.3. The number of hydrogen-bond acceptors (Lipinski definition) is 5. The van der Waals surface area contributed by atoms with Crippen LogP contribution >= 0.6 is 34.5 Å². The van der Waals surface area contributed by atoms with Gasteiger partial charge in [0.1, 0.15) is 0 Å². The molecular weight excluding hydrogens is 504 g/mol. The fraction of sp³-hybridized carbons (Fsp3) is 0.185. The van der Waals surface area contributed by atoms with E-state index in [1.54, 1.807) is 12.1 Å². The maximum atomic E-state index is 14.5. The van der Waals surface area contributed by atoms with Crippen molar-refractivity contribution in [2.45, 2.75) is 26.3 Å². The highest BCUT2D eigenvalue weighted by Gasteiger charge is 2.33. The number of ether oxygens (including phenoxy) is 1. The minimum absolute atomic E-state index is 0.194. The van der Waals surface area contributed by atoms with Crippen molar-refractivity contribution in [3.63, 3.8) is 0 Å². The summed E-state index contributed by atoms with van der Waals surface area (Å²) in [5.74, 6) is -0.238. The lowest BCUT2D eigenvalue weighted by atomic mass is 9.98. The Balaban J connectivity index is 1.58. The van der Waals surface area contributed by atoms with E-state index in [1.807, 2.05) is 28.6 Å². The van der Waals surface area contributed by atoms with Gasteiger partial charge in [0.25, 0.3) is 0 Å². The lowest BCUT2D eigenvalue weighted by Crippen LogP contribution is -2.18. The van der Waals surface area contributed by atoms with Crippen LogP contribution in [0.25, 0.3) is 11.3 Å². The van der Waals surface area contributed by atoms with Crippen LogP contribution in [0, 0.1) is 19.7 Å². The van der Waals surface area contributed by atoms with Gasteiger partial charge >= 0.3 is 0 Å². The average molecular weight is 526 g/mol. The molecule has 178 valence electrons. The number of benzene rings is 3. The molecule has 1 atom stereocenters. The third-order valence-electron chi connectivity index (χ3n) is 6.07. The van der Waals surface area contributed by atoms with Gasteiger partial charge < -0.3 is 4.74 Å². The second-order valence-corrected chi connectivity index (χ2v) is 10.1. The predicted octanol–water partition coefficient (Wildman–Crippen LogP) is 8.24. The molecule has 5 rings (SSSR count). The Hall–Kier alpha value is -2.93. The average Bonchev–Trinajstić information content (AvgIpc) is 3.48. The lowest BCUT2D eigenvalue weighted by Gasteiger charge is -2.22. The Kier molecular flexibility index (Phi) is 6.53. The largest absolute Gasteiger partial charge is 0.494 e. The third kappa shape index (κ3) is 4.66. The van der Waals surface area contributed by atoms with Crippen LogP contribution < -0.4 is 9.75 Å². The van der Waals surface area contributed by atoms with Crippen molar-refractivity contribution in [3.8, 4) is 17.0 Å². The van der Waals surface area contributed by atoms with Gasteiger partial charge in [0.05, 0.1) is 24.6 Å². The zero-order chi connectivity index (χ0) is 24.7. The first kappa shape index (κ1) is 23.8. The van der Waals surface area contributed by atoms with E-state index < -0.39 is 5.82 Å². The summed E-state index contributed by atoms with van der Waals surface area (Å²) in [5.41, 5.74) is 6.63. The normalized spacial score (nSPS) is 15.4. The van der Waals surface area contributed by atoms with Gasteiger partial charge in [0, 0.05) is 33.0 Å². The Morgan fingerprint density at radius 3 is 2.63 bits per heavy atom. The van der Waals surface area contributed by atoms with Crippen LogP contribution in [-0.4, -0.2) is 17.8 Å². The monoisotopic (exact) mass is 525 g/mol. The van der Waals surface area contributed by atoms with Gasteiger partial charge in [-0.3, -0.25) is 0 Å².